The van der Waals surface area contributed by atoms with Crippen molar-refractivity contribution in [3.05, 3.63) is 23.3 Å². The fraction of sp³-hybridized carbons (Fsp3) is 0.600. The van der Waals surface area contributed by atoms with Gasteiger partial charge in [-0.15, -0.1) is 0 Å². The minimum atomic E-state index is 0.693. The fourth-order valence-corrected chi connectivity index (χ4v) is 2.41. The number of anilines is 1. The number of nitrogen functional groups attached to an aromatic ring is 1. The first-order valence-electron chi connectivity index (χ1n) is 6.75. The highest BCUT2D eigenvalue weighted by atomic mass is 16.5. The van der Waals surface area contributed by atoms with Crippen molar-refractivity contribution in [2.45, 2.75) is 26.7 Å². The number of piperidine rings is 1. The van der Waals surface area contributed by atoms with E-state index >= 15 is 0 Å². The monoisotopic (exact) mass is 248 g/mol. The van der Waals surface area contributed by atoms with E-state index in [-0.39, 0.29) is 0 Å². The number of ether oxygens (including phenoxy) is 1. The standard InChI is InChI=1S/C15H24N2O/c1-11-12(2)15(5-4-14(11)16)18-10-13-6-8-17(3)9-7-13/h4-5,13H,6-10,16H2,1-3H3. The van der Waals surface area contributed by atoms with E-state index in [1.807, 2.05) is 19.1 Å². The van der Waals surface area contributed by atoms with Crippen LogP contribution in [-0.2, 0) is 0 Å². The molecule has 0 aliphatic carbocycles. The lowest BCUT2D eigenvalue weighted by Gasteiger charge is -2.29. The van der Waals surface area contributed by atoms with Gasteiger partial charge in [0.1, 0.15) is 5.75 Å². The molecule has 2 N–H and O–H groups in total. The maximum absolute atomic E-state index is 5.97. The zero-order valence-electron chi connectivity index (χ0n) is 11.7. The molecule has 3 heteroatoms. The fourth-order valence-electron chi connectivity index (χ4n) is 2.41. The van der Waals surface area contributed by atoms with Crippen LogP contribution < -0.4 is 10.5 Å². The summed E-state index contributed by atoms with van der Waals surface area (Å²) in [5.41, 5.74) is 9.03. The Morgan fingerprint density at radius 1 is 1.22 bits per heavy atom. The van der Waals surface area contributed by atoms with Crippen LogP contribution in [0.15, 0.2) is 12.1 Å². The Labute approximate surface area is 110 Å². The molecule has 0 saturated carbocycles. The molecule has 1 aliphatic rings. The third-order valence-corrected chi connectivity index (χ3v) is 4.09. The lowest BCUT2D eigenvalue weighted by Crippen LogP contribution is -2.32. The van der Waals surface area contributed by atoms with E-state index in [1.165, 1.54) is 31.5 Å². The molecule has 1 aromatic carbocycles. The van der Waals surface area contributed by atoms with Crippen LogP contribution in [0.25, 0.3) is 0 Å². The van der Waals surface area contributed by atoms with Crippen molar-refractivity contribution in [2.24, 2.45) is 5.92 Å². The number of hydrogen-bond donors (Lipinski definition) is 1. The SMILES string of the molecule is Cc1c(N)ccc(OCC2CCN(C)CC2)c1C. The number of rotatable bonds is 3. The number of nitrogens with zero attached hydrogens (tertiary/aromatic N) is 1. The topological polar surface area (TPSA) is 38.5 Å². The van der Waals surface area contributed by atoms with Crippen molar-refractivity contribution in [1.82, 2.24) is 4.90 Å². The third-order valence-electron chi connectivity index (χ3n) is 4.09. The second kappa shape index (κ2) is 5.61. The van der Waals surface area contributed by atoms with E-state index in [0.717, 1.165) is 23.6 Å². The summed E-state index contributed by atoms with van der Waals surface area (Å²) in [7, 11) is 2.19. The predicted octanol–water partition coefficient (Wildman–Crippen LogP) is 2.61. The Morgan fingerprint density at radius 3 is 2.56 bits per heavy atom. The quantitative estimate of drug-likeness (QED) is 0.836. The van der Waals surface area contributed by atoms with Crippen molar-refractivity contribution >= 4 is 5.69 Å². The average molecular weight is 248 g/mol. The van der Waals surface area contributed by atoms with Gasteiger partial charge in [-0.1, -0.05) is 0 Å². The van der Waals surface area contributed by atoms with E-state index < -0.39 is 0 Å². The number of nitrogens with two attached hydrogens (primary N) is 1. The molecule has 0 unspecified atom stereocenters. The zero-order valence-corrected chi connectivity index (χ0v) is 11.7. The van der Waals surface area contributed by atoms with Gasteiger partial charge in [-0.25, -0.2) is 0 Å². The summed E-state index contributed by atoms with van der Waals surface area (Å²) in [6, 6.07) is 3.93. The van der Waals surface area contributed by atoms with E-state index in [1.54, 1.807) is 0 Å². The van der Waals surface area contributed by atoms with Crippen LogP contribution in [0.4, 0.5) is 5.69 Å². The first-order chi connectivity index (χ1) is 8.58. The summed E-state index contributed by atoms with van der Waals surface area (Å²) in [4.78, 5) is 2.38. The van der Waals surface area contributed by atoms with E-state index in [9.17, 15) is 0 Å². The second-order valence-electron chi connectivity index (χ2n) is 5.46. The molecule has 0 amide bonds. The minimum Gasteiger partial charge on any atom is -0.493 e. The van der Waals surface area contributed by atoms with Gasteiger partial charge in [0, 0.05) is 5.69 Å². The van der Waals surface area contributed by atoms with Crippen LogP contribution in [0.3, 0.4) is 0 Å². The molecular formula is C15H24N2O. The third kappa shape index (κ3) is 2.96. The van der Waals surface area contributed by atoms with Crippen LogP contribution in [0.5, 0.6) is 5.75 Å². The van der Waals surface area contributed by atoms with E-state index in [0.29, 0.717) is 5.92 Å². The molecule has 1 aromatic rings. The van der Waals surface area contributed by atoms with E-state index in [2.05, 4.69) is 18.9 Å². The molecule has 0 aromatic heterocycles. The summed E-state index contributed by atoms with van der Waals surface area (Å²) in [6.07, 6.45) is 2.48. The molecule has 0 atom stereocenters. The van der Waals surface area contributed by atoms with Crippen molar-refractivity contribution in [1.29, 1.82) is 0 Å². The summed E-state index contributed by atoms with van der Waals surface area (Å²) in [6.45, 7) is 7.34. The highest BCUT2D eigenvalue weighted by Gasteiger charge is 2.17. The Balaban J connectivity index is 1.92. The molecule has 18 heavy (non-hydrogen) atoms. The van der Waals surface area contributed by atoms with Crippen LogP contribution in [0, 0.1) is 19.8 Å². The molecule has 0 radical (unpaired) electrons. The maximum Gasteiger partial charge on any atom is 0.122 e. The van der Waals surface area contributed by atoms with E-state index in [4.69, 9.17) is 10.5 Å². The summed E-state index contributed by atoms with van der Waals surface area (Å²) >= 11 is 0. The lowest BCUT2D eigenvalue weighted by molar-refractivity contribution is 0.159. The van der Waals surface area contributed by atoms with Crippen molar-refractivity contribution in [3.8, 4) is 5.75 Å². The van der Waals surface area contributed by atoms with Crippen LogP contribution >= 0.6 is 0 Å². The molecular weight excluding hydrogens is 224 g/mol. The molecule has 3 nitrogen and oxygen atoms in total. The van der Waals surface area contributed by atoms with Gasteiger partial charge in [0.25, 0.3) is 0 Å². The largest absolute Gasteiger partial charge is 0.493 e. The Morgan fingerprint density at radius 2 is 1.89 bits per heavy atom. The van der Waals surface area contributed by atoms with Gasteiger partial charge in [-0.05, 0) is 76.0 Å². The van der Waals surface area contributed by atoms with Gasteiger partial charge in [-0.2, -0.15) is 0 Å². The van der Waals surface area contributed by atoms with Gasteiger partial charge in [-0.3, -0.25) is 0 Å². The van der Waals surface area contributed by atoms with Gasteiger partial charge in [0.15, 0.2) is 0 Å². The molecule has 0 spiro atoms. The molecule has 100 valence electrons. The molecule has 0 bridgehead atoms. The smallest absolute Gasteiger partial charge is 0.122 e. The average Bonchev–Trinajstić information content (AvgIpc) is 2.37. The van der Waals surface area contributed by atoms with Crippen LogP contribution in [-0.4, -0.2) is 31.6 Å². The molecule has 1 aliphatic heterocycles. The highest BCUT2D eigenvalue weighted by Crippen LogP contribution is 2.27. The highest BCUT2D eigenvalue weighted by molar-refractivity contribution is 5.55. The van der Waals surface area contributed by atoms with Gasteiger partial charge >= 0.3 is 0 Å². The van der Waals surface area contributed by atoms with Crippen LogP contribution in [0.1, 0.15) is 24.0 Å². The molecule has 1 fully saturated rings. The predicted molar refractivity (Wildman–Crippen MR) is 76.0 cm³/mol. The van der Waals surface area contributed by atoms with Crippen LogP contribution in [0.2, 0.25) is 0 Å². The first kappa shape index (κ1) is 13.2. The molecule has 2 rings (SSSR count). The summed E-state index contributed by atoms with van der Waals surface area (Å²) in [5.74, 6) is 1.68. The summed E-state index contributed by atoms with van der Waals surface area (Å²) < 4.78 is 5.97. The number of likely N-dealkylation sites (tertiary alicyclic amines) is 1. The zero-order chi connectivity index (χ0) is 13.1. The lowest BCUT2D eigenvalue weighted by atomic mass is 9.98. The summed E-state index contributed by atoms with van der Waals surface area (Å²) in [5, 5.41) is 0. The normalized spacial score (nSPS) is 17.9. The Bertz CT molecular complexity index is 409. The Kier molecular flexibility index (Phi) is 4.12. The number of benzene rings is 1. The second-order valence-corrected chi connectivity index (χ2v) is 5.46. The molecule has 1 saturated heterocycles. The number of hydrogen-bond acceptors (Lipinski definition) is 3. The van der Waals surface area contributed by atoms with Gasteiger partial charge < -0.3 is 15.4 Å². The van der Waals surface area contributed by atoms with Crippen molar-refractivity contribution in [3.63, 3.8) is 0 Å². The van der Waals surface area contributed by atoms with Gasteiger partial charge in [0.05, 0.1) is 6.61 Å². The maximum atomic E-state index is 5.97. The first-order valence-corrected chi connectivity index (χ1v) is 6.75. The Hall–Kier alpha value is -1.22. The minimum absolute atomic E-state index is 0.693. The molecule has 1 heterocycles. The van der Waals surface area contributed by atoms with Crippen molar-refractivity contribution in [2.75, 3.05) is 32.5 Å². The van der Waals surface area contributed by atoms with Gasteiger partial charge in [0.2, 0.25) is 0 Å². The van der Waals surface area contributed by atoms with Crippen molar-refractivity contribution < 1.29 is 4.74 Å².